The highest BCUT2D eigenvalue weighted by Crippen LogP contribution is 2.25. The van der Waals surface area contributed by atoms with E-state index in [9.17, 15) is 9.59 Å². The van der Waals surface area contributed by atoms with Crippen molar-refractivity contribution < 1.29 is 9.53 Å². The van der Waals surface area contributed by atoms with Crippen LogP contribution in [-0.4, -0.2) is 15.5 Å². The Balaban J connectivity index is 1.87. The van der Waals surface area contributed by atoms with Gasteiger partial charge in [-0.15, -0.1) is 0 Å². The van der Waals surface area contributed by atoms with Gasteiger partial charge in [-0.3, -0.25) is 9.36 Å². The Morgan fingerprint density at radius 3 is 2.88 bits per heavy atom. The zero-order chi connectivity index (χ0) is 17.3. The maximum absolute atomic E-state index is 12.5. The number of rotatable bonds is 3. The van der Waals surface area contributed by atoms with Gasteiger partial charge in [-0.1, -0.05) is 33.6 Å². The van der Waals surface area contributed by atoms with Gasteiger partial charge in [0, 0.05) is 4.47 Å². The molecule has 0 amide bonds. The molecule has 1 aromatic heterocycles. The number of hydrogen-bond acceptors (Lipinski definition) is 4. The van der Waals surface area contributed by atoms with E-state index in [4.69, 9.17) is 16.3 Å². The van der Waals surface area contributed by atoms with Crippen LogP contribution < -0.4 is 10.3 Å². The minimum absolute atomic E-state index is 0.251. The molecule has 0 unspecified atom stereocenters. The summed E-state index contributed by atoms with van der Waals surface area (Å²) in [6.45, 7) is 1.61. The van der Waals surface area contributed by atoms with Crippen molar-refractivity contribution in [3.63, 3.8) is 0 Å². The van der Waals surface area contributed by atoms with Gasteiger partial charge in [0.25, 0.3) is 5.56 Å². The largest absolute Gasteiger partial charge is 0.424 e. The van der Waals surface area contributed by atoms with E-state index in [1.54, 1.807) is 30.3 Å². The summed E-state index contributed by atoms with van der Waals surface area (Å²) >= 11 is 9.33. The Hall–Kier alpha value is -2.18. The molecule has 0 bridgehead atoms. The van der Waals surface area contributed by atoms with Gasteiger partial charge in [0.1, 0.15) is 12.3 Å². The van der Waals surface area contributed by atoms with E-state index < -0.39 is 5.97 Å². The summed E-state index contributed by atoms with van der Waals surface area (Å²) in [4.78, 5) is 28.8. The van der Waals surface area contributed by atoms with Crippen molar-refractivity contribution in [2.75, 3.05) is 0 Å². The highest BCUT2D eigenvalue weighted by Gasteiger charge is 2.12. The fourth-order valence-corrected chi connectivity index (χ4v) is 2.74. The van der Waals surface area contributed by atoms with Gasteiger partial charge >= 0.3 is 5.97 Å². The van der Waals surface area contributed by atoms with Crippen molar-refractivity contribution in [3.05, 3.63) is 68.1 Å². The third kappa shape index (κ3) is 3.49. The molecule has 24 heavy (non-hydrogen) atoms. The summed E-state index contributed by atoms with van der Waals surface area (Å²) in [7, 11) is 0. The lowest BCUT2D eigenvalue weighted by Crippen LogP contribution is -2.27. The molecule has 0 fully saturated rings. The van der Waals surface area contributed by atoms with Crippen LogP contribution >= 0.6 is 27.5 Å². The molecule has 0 saturated carbocycles. The number of carbonyl (C=O) groups is 1. The Morgan fingerprint density at radius 1 is 1.29 bits per heavy atom. The van der Waals surface area contributed by atoms with Crippen molar-refractivity contribution >= 4 is 44.4 Å². The molecule has 122 valence electrons. The second kappa shape index (κ2) is 6.75. The van der Waals surface area contributed by atoms with Crippen LogP contribution in [0, 0.1) is 6.92 Å². The topological polar surface area (TPSA) is 61.2 Å². The number of hydrogen-bond donors (Lipinski definition) is 0. The molecular formula is C17H12BrClN2O3. The van der Waals surface area contributed by atoms with Crippen molar-refractivity contribution in [1.29, 1.82) is 0 Å². The molecule has 3 aromatic rings. The predicted octanol–water partition coefficient (Wildman–Crippen LogP) is 3.73. The summed E-state index contributed by atoms with van der Waals surface area (Å²) in [6.07, 6.45) is 1.33. The highest BCUT2D eigenvalue weighted by atomic mass is 79.9. The van der Waals surface area contributed by atoms with Gasteiger partial charge in [-0.05, 0) is 42.8 Å². The number of halogens is 2. The summed E-state index contributed by atoms with van der Waals surface area (Å²) in [6, 6.07) is 10.3. The number of aromatic nitrogens is 2. The van der Waals surface area contributed by atoms with Crippen LogP contribution in [0.1, 0.15) is 5.56 Å². The first kappa shape index (κ1) is 16.7. The average Bonchev–Trinajstić information content (AvgIpc) is 2.54. The fraction of sp³-hybridized carbons (Fsp3) is 0.118. The second-order valence-corrected chi connectivity index (χ2v) is 6.57. The minimum atomic E-state index is -0.597. The summed E-state index contributed by atoms with van der Waals surface area (Å²) < 4.78 is 7.23. The molecule has 0 aliphatic carbocycles. The molecule has 0 radical (unpaired) electrons. The molecule has 3 rings (SSSR count). The normalized spacial score (nSPS) is 10.8. The summed E-state index contributed by atoms with van der Waals surface area (Å²) in [5.41, 5.74) is 1.17. The quantitative estimate of drug-likeness (QED) is 0.490. The van der Waals surface area contributed by atoms with Gasteiger partial charge in [0.05, 0.1) is 22.3 Å². The molecule has 0 aliphatic rings. The van der Waals surface area contributed by atoms with Gasteiger partial charge in [-0.2, -0.15) is 0 Å². The first-order chi connectivity index (χ1) is 11.4. The van der Waals surface area contributed by atoms with Crippen LogP contribution in [-0.2, 0) is 11.3 Å². The van der Waals surface area contributed by atoms with Crippen LogP contribution in [0.2, 0.25) is 5.02 Å². The smallest absolute Gasteiger partial charge is 0.331 e. The van der Waals surface area contributed by atoms with E-state index in [1.807, 2.05) is 13.0 Å². The van der Waals surface area contributed by atoms with Gasteiger partial charge < -0.3 is 4.74 Å². The fourth-order valence-electron chi connectivity index (χ4n) is 2.23. The van der Waals surface area contributed by atoms with Gasteiger partial charge in [0.15, 0.2) is 0 Å². The Labute approximate surface area is 151 Å². The molecule has 0 spiro atoms. The van der Waals surface area contributed by atoms with E-state index in [-0.39, 0.29) is 17.9 Å². The third-order valence-electron chi connectivity index (χ3n) is 3.40. The molecule has 0 saturated heterocycles. The lowest BCUT2D eigenvalue weighted by Gasteiger charge is -2.09. The van der Waals surface area contributed by atoms with Crippen molar-refractivity contribution in [2.45, 2.75) is 13.5 Å². The van der Waals surface area contributed by atoms with E-state index in [0.717, 1.165) is 10.0 Å². The number of fused-ring (bicyclic) bond motifs is 1. The Bertz CT molecular complexity index is 1000. The standard InChI is InChI=1S/C17H12BrClN2O3/c1-10-2-4-13(19)15(6-10)24-16(22)8-21-9-20-14-5-3-11(18)7-12(14)17(21)23/h2-7,9H,8H2,1H3. The first-order valence-electron chi connectivity index (χ1n) is 7.05. The summed E-state index contributed by atoms with van der Waals surface area (Å²) in [5.74, 6) is -0.327. The highest BCUT2D eigenvalue weighted by molar-refractivity contribution is 9.10. The van der Waals surface area contributed by atoms with E-state index >= 15 is 0 Å². The molecular weight excluding hydrogens is 396 g/mol. The molecule has 7 heteroatoms. The maximum atomic E-state index is 12.5. The van der Waals surface area contributed by atoms with Gasteiger partial charge in [0.2, 0.25) is 0 Å². The number of ether oxygens (including phenoxy) is 1. The molecule has 5 nitrogen and oxygen atoms in total. The SMILES string of the molecule is Cc1ccc(Cl)c(OC(=O)Cn2cnc3ccc(Br)cc3c2=O)c1. The average molecular weight is 408 g/mol. The van der Waals surface area contributed by atoms with Crippen LogP contribution in [0.25, 0.3) is 10.9 Å². The van der Waals surface area contributed by atoms with Crippen molar-refractivity contribution in [1.82, 2.24) is 9.55 Å². The van der Waals surface area contributed by atoms with E-state index in [1.165, 1.54) is 10.9 Å². The third-order valence-corrected chi connectivity index (χ3v) is 4.20. The van der Waals surface area contributed by atoms with Crippen LogP contribution in [0.5, 0.6) is 5.75 Å². The lowest BCUT2D eigenvalue weighted by atomic mass is 10.2. The number of carbonyl (C=O) groups excluding carboxylic acids is 1. The van der Waals surface area contributed by atoms with Crippen LogP contribution in [0.4, 0.5) is 0 Å². The number of benzene rings is 2. The monoisotopic (exact) mass is 406 g/mol. The Morgan fingerprint density at radius 2 is 2.08 bits per heavy atom. The minimum Gasteiger partial charge on any atom is -0.424 e. The molecule has 0 aliphatic heterocycles. The number of aryl methyl sites for hydroxylation is 1. The lowest BCUT2D eigenvalue weighted by molar-refractivity contribution is -0.135. The molecule has 0 N–H and O–H groups in total. The van der Waals surface area contributed by atoms with Gasteiger partial charge in [-0.25, -0.2) is 9.78 Å². The van der Waals surface area contributed by atoms with E-state index in [0.29, 0.717) is 15.9 Å². The first-order valence-corrected chi connectivity index (χ1v) is 8.22. The van der Waals surface area contributed by atoms with Crippen LogP contribution in [0.15, 0.2) is 52.0 Å². The van der Waals surface area contributed by atoms with Crippen molar-refractivity contribution in [2.24, 2.45) is 0 Å². The molecule has 1 heterocycles. The Kier molecular flexibility index (Phi) is 4.69. The summed E-state index contributed by atoms with van der Waals surface area (Å²) in [5, 5.41) is 0.759. The molecule has 2 aromatic carbocycles. The van der Waals surface area contributed by atoms with E-state index in [2.05, 4.69) is 20.9 Å². The zero-order valence-electron chi connectivity index (χ0n) is 12.6. The zero-order valence-corrected chi connectivity index (χ0v) is 15.0. The van der Waals surface area contributed by atoms with Crippen LogP contribution in [0.3, 0.4) is 0 Å². The molecule has 0 atom stereocenters. The van der Waals surface area contributed by atoms with Crippen molar-refractivity contribution in [3.8, 4) is 5.75 Å². The number of esters is 1. The predicted molar refractivity (Wildman–Crippen MR) is 95.5 cm³/mol. The second-order valence-electron chi connectivity index (χ2n) is 5.25. The number of nitrogens with zero attached hydrogens (tertiary/aromatic N) is 2. The maximum Gasteiger partial charge on any atom is 0.331 e.